The van der Waals surface area contributed by atoms with E-state index in [-0.39, 0.29) is 5.56 Å². The smallest absolute Gasteiger partial charge is 0.267 e. The number of hydrogen-bond acceptors (Lipinski definition) is 5. The molecule has 5 nitrogen and oxygen atoms in total. The number of ether oxygens (including phenoxy) is 1. The second-order valence-electron chi connectivity index (χ2n) is 6.25. The van der Waals surface area contributed by atoms with Crippen molar-refractivity contribution in [1.82, 2.24) is 14.5 Å². The van der Waals surface area contributed by atoms with E-state index in [1.54, 1.807) is 16.8 Å². The molecule has 0 N–H and O–H groups in total. The van der Waals surface area contributed by atoms with E-state index in [2.05, 4.69) is 4.98 Å². The van der Waals surface area contributed by atoms with Crippen LogP contribution in [0.5, 0.6) is 5.75 Å². The van der Waals surface area contributed by atoms with Gasteiger partial charge in [0.05, 0.1) is 17.5 Å². The number of para-hydroxylation sites is 2. The summed E-state index contributed by atoms with van der Waals surface area (Å²) in [6.07, 6.45) is 1.71. The Morgan fingerprint density at radius 2 is 1.82 bits per heavy atom. The van der Waals surface area contributed by atoms with Gasteiger partial charge in [0, 0.05) is 11.9 Å². The summed E-state index contributed by atoms with van der Waals surface area (Å²) in [6.45, 7) is 2.49. The van der Waals surface area contributed by atoms with Crippen molar-refractivity contribution in [1.29, 1.82) is 0 Å². The molecular formula is C22H19N3O2S. The summed E-state index contributed by atoms with van der Waals surface area (Å²) in [5.74, 6) is 2.06. The van der Waals surface area contributed by atoms with Crippen LogP contribution in [0.25, 0.3) is 16.7 Å². The molecule has 6 heteroatoms. The lowest BCUT2D eigenvalue weighted by atomic mass is 10.2. The zero-order valence-electron chi connectivity index (χ0n) is 15.4. The highest BCUT2D eigenvalue weighted by molar-refractivity contribution is 7.99. The van der Waals surface area contributed by atoms with E-state index in [0.717, 1.165) is 11.3 Å². The summed E-state index contributed by atoms with van der Waals surface area (Å²) in [5, 5.41) is 1.19. The second kappa shape index (κ2) is 8.27. The quantitative estimate of drug-likeness (QED) is 0.280. The Morgan fingerprint density at radius 3 is 2.64 bits per heavy atom. The highest BCUT2D eigenvalue weighted by atomic mass is 32.2. The molecule has 0 atom stereocenters. The van der Waals surface area contributed by atoms with Gasteiger partial charge in [-0.2, -0.15) is 0 Å². The fourth-order valence-electron chi connectivity index (χ4n) is 2.86. The van der Waals surface area contributed by atoms with Gasteiger partial charge in [-0.25, -0.2) is 14.5 Å². The lowest BCUT2D eigenvalue weighted by Gasteiger charge is -2.13. The van der Waals surface area contributed by atoms with Gasteiger partial charge in [-0.15, -0.1) is 0 Å². The molecule has 4 rings (SSSR count). The van der Waals surface area contributed by atoms with Crippen molar-refractivity contribution in [2.24, 2.45) is 0 Å². The summed E-state index contributed by atoms with van der Waals surface area (Å²) < 4.78 is 7.34. The Morgan fingerprint density at radius 1 is 1.04 bits per heavy atom. The fraction of sp³-hybridized carbons (Fsp3) is 0.136. The van der Waals surface area contributed by atoms with E-state index in [1.807, 2.05) is 67.6 Å². The number of rotatable bonds is 6. The maximum Gasteiger partial charge on any atom is 0.267 e. The van der Waals surface area contributed by atoms with Gasteiger partial charge in [-0.1, -0.05) is 42.1 Å². The van der Waals surface area contributed by atoms with Crippen molar-refractivity contribution >= 4 is 22.7 Å². The minimum Gasteiger partial charge on any atom is -0.493 e. The average molecular weight is 389 g/mol. The molecule has 0 saturated heterocycles. The van der Waals surface area contributed by atoms with Crippen molar-refractivity contribution in [3.63, 3.8) is 0 Å². The first kappa shape index (κ1) is 18.3. The summed E-state index contributed by atoms with van der Waals surface area (Å²) >= 11 is 1.48. The molecule has 0 aliphatic carbocycles. The maximum absolute atomic E-state index is 13.2. The first-order chi connectivity index (χ1) is 13.7. The van der Waals surface area contributed by atoms with Crippen molar-refractivity contribution in [3.8, 4) is 11.6 Å². The largest absolute Gasteiger partial charge is 0.493 e. The number of hydrogen-bond donors (Lipinski definition) is 0. The Bertz CT molecular complexity index is 1160. The van der Waals surface area contributed by atoms with Crippen LogP contribution in [0.3, 0.4) is 0 Å². The van der Waals surface area contributed by atoms with Crippen molar-refractivity contribution in [2.45, 2.75) is 12.1 Å². The zero-order chi connectivity index (χ0) is 19.3. The van der Waals surface area contributed by atoms with Crippen LogP contribution in [0.2, 0.25) is 0 Å². The first-order valence-corrected chi connectivity index (χ1v) is 9.96. The third-order valence-corrected chi connectivity index (χ3v) is 5.10. The highest BCUT2D eigenvalue weighted by Gasteiger charge is 2.14. The molecule has 0 unspecified atom stereocenters. The van der Waals surface area contributed by atoms with Crippen molar-refractivity contribution in [2.75, 3.05) is 12.4 Å². The molecule has 4 aromatic rings. The van der Waals surface area contributed by atoms with Gasteiger partial charge < -0.3 is 4.74 Å². The molecule has 2 aromatic heterocycles. The number of aromatic nitrogens is 3. The molecule has 28 heavy (non-hydrogen) atoms. The molecule has 0 saturated carbocycles. The number of aryl methyl sites for hydroxylation is 1. The van der Waals surface area contributed by atoms with Crippen LogP contribution in [-0.2, 0) is 0 Å². The van der Waals surface area contributed by atoms with E-state index in [0.29, 0.717) is 34.2 Å². The topological polar surface area (TPSA) is 57.0 Å². The lowest BCUT2D eigenvalue weighted by Crippen LogP contribution is -2.23. The van der Waals surface area contributed by atoms with E-state index in [4.69, 9.17) is 9.72 Å². The number of pyridine rings is 1. The van der Waals surface area contributed by atoms with Crippen LogP contribution in [0, 0.1) is 6.92 Å². The van der Waals surface area contributed by atoms with Crippen LogP contribution in [0.1, 0.15) is 5.56 Å². The van der Waals surface area contributed by atoms with Crippen LogP contribution < -0.4 is 10.3 Å². The number of thioether (sulfide) groups is 1. The van der Waals surface area contributed by atoms with Gasteiger partial charge >= 0.3 is 0 Å². The number of fused-ring (bicyclic) bond motifs is 1. The summed E-state index contributed by atoms with van der Waals surface area (Å²) in [6, 6.07) is 20.9. The normalized spacial score (nSPS) is 10.9. The lowest BCUT2D eigenvalue weighted by molar-refractivity contribution is 0.344. The van der Waals surface area contributed by atoms with Crippen LogP contribution in [-0.4, -0.2) is 26.9 Å². The van der Waals surface area contributed by atoms with Gasteiger partial charge in [-0.3, -0.25) is 4.79 Å². The average Bonchev–Trinajstić information content (AvgIpc) is 2.72. The molecule has 0 aliphatic rings. The van der Waals surface area contributed by atoms with E-state index in [1.165, 1.54) is 11.8 Å². The molecule has 2 heterocycles. The predicted octanol–water partition coefficient (Wildman–Crippen LogP) is 4.26. The maximum atomic E-state index is 13.2. The SMILES string of the molecule is Cc1ccnc(-n2c(SCCOc3ccccc3)nc3ccccc3c2=O)c1. The molecule has 2 aromatic carbocycles. The molecule has 0 aliphatic heterocycles. The third kappa shape index (κ3) is 3.92. The van der Waals surface area contributed by atoms with E-state index >= 15 is 0 Å². The van der Waals surface area contributed by atoms with Gasteiger partial charge in [0.15, 0.2) is 5.16 Å². The highest BCUT2D eigenvalue weighted by Crippen LogP contribution is 2.21. The summed E-state index contributed by atoms with van der Waals surface area (Å²) in [5.41, 5.74) is 1.60. The Balaban J connectivity index is 1.66. The molecule has 0 bridgehead atoms. The third-order valence-electron chi connectivity index (χ3n) is 4.20. The van der Waals surface area contributed by atoms with Gasteiger partial charge in [0.25, 0.3) is 5.56 Å². The Labute approximate surface area is 167 Å². The second-order valence-corrected chi connectivity index (χ2v) is 7.32. The van der Waals surface area contributed by atoms with Crippen LogP contribution in [0.15, 0.2) is 82.9 Å². The van der Waals surface area contributed by atoms with Gasteiger partial charge in [-0.05, 0) is 48.9 Å². The molecule has 0 fully saturated rings. The Kier molecular flexibility index (Phi) is 5.39. The summed E-state index contributed by atoms with van der Waals surface area (Å²) in [4.78, 5) is 22.3. The number of nitrogens with zero attached hydrogens (tertiary/aromatic N) is 3. The molecule has 0 spiro atoms. The molecule has 140 valence electrons. The van der Waals surface area contributed by atoms with Gasteiger partial charge in [0.1, 0.15) is 11.6 Å². The van der Waals surface area contributed by atoms with E-state index in [9.17, 15) is 4.79 Å². The summed E-state index contributed by atoms with van der Waals surface area (Å²) in [7, 11) is 0. The van der Waals surface area contributed by atoms with Gasteiger partial charge in [0.2, 0.25) is 0 Å². The standard InChI is InChI=1S/C22H19N3O2S/c1-16-11-12-23-20(15-16)25-21(26)18-9-5-6-10-19(18)24-22(25)28-14-13-27-17-7-3-2-4-8-17/h2-12,15H,13-14H2,1H3. The molecule has 0 amide bonds. The predicted molar refractivity (Wildman–Crippen MR) is 113 cm³/mol. The molecule has 0 radical (unpaired) electrons. The minimum absolute atomic E-state index is 0.116. The zero-order valence-corrected chi connectivity index (χ0v) is 16.2. The van der Waals surface area contributed by atoms with Crippen LogP contribution in [0.4, 0.5) is 0 Å². The number of benzene rings is 2. The van der Waals surface area contributed by atoms with Crippen LogP contribution >= 0.6 is 11.8 Å². The Hall–Kier alpha value is -3.12. The minimum atomic E-state index is -0.116. The first-order valence-electron chi connectivity index (χ1n) is 8.98. The monoisotopic (exact) mass is 389 g/mol. The van der Waals surface area contributed by atoms with E-state index < -0.39 is 0 Å². The van der Waals surface area contributed by atoms with Crippen molar-refractivity contribution in [3.05, 3.63) is 88.8 Å². The molecular weight excluding hydrogens is 370 g/mol. The van der Waals surface area contributed by atoms with Crippen molar-refractivity contribution < 1.29 is 4.74 Å². The fourth-order valence-corrected chi connectivity index (χ4v) is 3.68.